The van der Waals surface area contributed by atoms with E-state index >= 15 is 0 Å². The number of hydrogen-bond donors (Lipinski definition) is 1. The number of carboxylic acids is 1. The number of nitrogens with zero attached hydrogens (tertiary/aromatic N) is 3. The Labute approximate surface area is 216 Å². The van der Waals surface area contributed by atoms with Crippen LogP contribution in [0.3, 0.4) is 0 Å². The van der Waals surface area contributed by atoms with Crippen LogP contribution in [0.15, 0.2) is 41.2 Å². The Morgan fingerprint density at radius 2 is 1.87 bits per heavy atom. The van der Waals surface area contributed by atoms with Gasteiger partial charge in [0, 0.05) is 46.1 Å². The minimum atomic E-state index is -4.58. The number of rotatable bonds is 8. The van der Waals surface area contributed by atoms with E-state index < -0.39 is 18.8 Å². The average Bonchev–Trinajstić information content (AvgIpc) is 3.80. The number of alkyl halides is 3. The summed E-state index contributed by atoms with van der Waals surface area (Å²) in [6, 6.07) is 6.27. The van der Waals surface area contributed by atoms with Gasteiger partial charge in [-0.15, -0.1) is 0 Å². The first kappa shape index (κ1) is 24.5. The van der Waals surface area contributed by atoms with Crippen LogP contribution >= 0.6 is 0 Å². The fourth-order valence-corrected chi connectivity index (χ4v) is 5.48. The molecule has 0 unspecified atom stereocenters. The number of aromatic nitrogens is 3. The zero-order valence-electron chi connectivity index (χ0n) is 20.9. The summed E-state index contributed by atoms with van der Waals surface area (Å²) < 4.78 is 52.0. The molecule has 198 valence electrons. The molecule has 0 atom stereocenters. The van der Waals surface area contributed by atoms with Gasteiger partial charge in [0.05, 0.1) is 11.3 Å². The maximum atomic E-state index is 13.1. The van der Waals surface area contributed by atoms with Crippen LogP contribution in [0.1, 0.15) is 53.5 Å². The van der Waals surface area contributed by atoms with E-state index in [9.17, 15) is 23.1 Å². The minimum absolute atomic E-state index is 0.140. The molecule has 0 amide bonds. The van der Waals surface area contributed by atoms with Gasteiger partial charge in [-0.1, -0.05) is 5.16 Å². The second-order valence-electron chi connectivity index (χ2n) is 10.3. The molecule has 0 saturated heterocycles. The molecule has 1 N–H and O–H groups in total. The monoisotopic (exact) mass is 525 g/mol. The molecular formula is C28H26F3N3O4. The van der Waals surface area contributed by atoms with E-state index in [1.54, 1.807) is 6.20 Å². The standard InChI is InChI=1S/C28H26F3N3O4/c1-14-24(15(2)38-33-14)19-9-21-22(12-34(26(21)32-11-19)25(16-3-4-16)17-5-6-17)20-8-7-18(27(35)36)10-23(20)37-13-28(29,30)31/h7-12,16-17,25H,3-6,13H2,1-2H3,(H,35,36). The number of fused-ring (bicyclic) bond motifs is 1. The lowest BCUT2D eigenvalue weighted by Crippen LogP contribution is -2.19. The summed E-state index contributed by atoms with van der Waals surface area (Å²) in [6.45, 7) is 2.12. The summed E-state index contributed by atoms with van der Waals surface area (Å²) >= 11 is 0. The average molecular weight is 526 g/mol. The van der Waals surface area contributed by atoms with Crippen LogP contribution in [0.2, 0.25) is 0 Å². The summed E-state index contributed by atoms with van der Waals surface area (Å²) in [6.07, 6.45) is 3.71. The SMILES string of the molecule is Cc1noc(C)c1-c1cnc2c(c1)c(-c1ccc(C(=O)O)cc1OCC(F)(F)F)cn2C(C1CC1)C1CC1. The molecule has 0 bridgehead atoms. The summed E-state index contributed by atoms with van der Waals surface area (Å²) in [5.41, 5.74) is 3.91. The molecule has 2 aliphatic carbocycles. The Bertz CT molecular complexity index is 1520. The number of halogens is 3. The lowest BCUT2D eigenvalue weighted by Gasteiger charge is -2.19. The van der Waals surface area contributed by atoms with Crippen LogP contribution in [0.4, 0.5) is 13.2 Å². The number of aryl methyl sites for hydroxylation is 2. The molecule has 2 fully saturated rings. The molecule has 3 aromatic heterocycles. The van der Waals surface area contributed by atoms with Crippen molar-refractivity contribution in [2.45, 2.75) is 51.7 Å². The highest BCUT2D eigenvalue weighted by Gasteiger charge is 2.43. The molecule has 1 aromatic carbocycles. The Morgan fingerprint density at radius 3 is 2.45 bits per heavy atom. The Balaban J connectivity index is 1.56. The van der Waals surface area contributed by atoms with Crippen molar-refractivity contribution in [1.82, 2.24) is 14.7 Å². The zero-order chi connectivity index (χ0) is 26.8. The number of benzene rings is 1. The number of carbonyl (C=O) groups is 1. The fraction of sp³-hybridized carbons (Fsp3) is 0.393. The molecule has 2 saturated carbocycles. The smallest absolute Gasteiger partial charge is 0.422 e. The normalized spacial score (nSPS) is 15.9. The Kier molecular flexibility index (Phi) is 5.73. The largest absolute Gasteiger partial charge is 0.483 e. The number of pyridine rings is 1. The summed E-state index contributed by atoms with van der Waals surface area (Å²) in [5, 5.41) is 14.3. The van der Waals surface area contributed by atoms with E-state index in [-0.39, 0.29) is 17.4 Å². The first-order valence-corrected chi connectivity index (χ1v) is 12.6. The van der Waals surface area contributed by atoms with E-state index in [1.165, 1.54) is 12.1 Å². The number of aromatic carboxylic acids is 1. The van der Waals surface area contributed by atoms with Crippen molar-refractivity contribution in [3.05, 3.63) is 53.7 Å². The Morgan fingerprint density at radius 1 is 1.16 bits per heavy atom. The van der Waals surface area contributed by atoms with Crippen molar-refractivity contribution in [2.75, 3.05) is 6.61 Å². The van der Waals surface area contributed by atoms with Gasteiger partial charge < -0.3 is 18.9 Å². The number of carboxylic acid groups (broad SMARTS) is 1. The molecule has 38 heavy (non-hydrogen) atoms. The van der Waals surface area contributed by atoms with Crippen molar-refractivity contribution in [3.63, 3.8) is 0 Å². The molecule has 7 nitrogen and oxygen atoms in total. The second-order valence-corrected chi connectivity index (χ2v) is 10.3. The highest BCUT2D eigenvalue weighted by atomic mass is 19.4. The van der Waals surface area contributed by atoms with Crippen LogP contribution in [0.5, 0.6) is 5.75 Å². The van der Waals surface area contributed by atoms with Crippen LogP contribution in [0, 0.1) is 25.7 Å². The van der Waals surface area contributed by atoms with E-state index in [0.717, 1.165) is 53.9 Å². The predicted molar refractivity (Wildman–Crippen MR) is 133 cm³/mol. The molecule has 4 aromatic rings. The van der Waals surface area contributed by atoms with E-state index in [4.69, 9.17) is 14.2 Å². The third-order valence-corrected chi connectivity index (χ3v) is 7.43. The molecule has 0 aliphatic heterocycles. The lowest BCUT2D eigenvalue weighted by molar-refractivity contribution is -0.153. The van der Waals surface area contributed by atoms with Crippen LogP contribution < -0.4 is 4.74 Å². The van der Waals surface area contributed by atoms with Gasteiger partial charge >= 0.3 is 12.1 Å². The van der Waals surface area contributed by atoms with Crippen molar-refractivity contribution in [3.8, 4) is 28.0 Å². The van der Waals surface area contributed by atoms with Gasteiger partial charge in [0.15, 0.2) is 6.61 Å². The second kappa shape index (κ2) is 8.89. The van der Waals surface area contributed by atoms with Gasteiger partial charge in [-0.2, -0.15) is 13.2 Å². The fourth-order valence-electron chi connectivity index (χ4n) is 5.48. The molecule has 0 radical (unpaired) electrons. The highest BCUT2D eigenvalue weighted by molar-refractivity contribution is 5.99. The summed E-state index contributed by atoms with van der Waals surface area (Å²) in [4.78, 5) is 16.5. The molecule has 6 rings (SSSR count). The molecule has 0 spiro atoms. The van der Waals surface area contributed by atoms with Gasteiger partial charge in [0.1, 0.15) is 17.2 Å². The number of hydrogen-bond acceptors (Lipinski definition) is 5. The summed E-state index contributed by atoms with van der Waals surface area (Å²) in [5.74, 6) is 0.341. The van der Waals surface area contributed by atoms with Gasteiger partial charge in [-0.05, 0) is 75.6 Å². The first-order valence-electron chi connectivity index (χ1n) is 12.6. The number of ether oxygens (including phenoxy) is 1. The topological polar surface area (TPSA) is 90.4 Å². The minimum Gasteiger partial charge on any atom is -0.483 e. The van der Waals surface area contributed by atoms with Crippen molar-refractivity contribution in [1.29, 1.82) is 0 Å². The van der Waals surface area contributed by atoms with E-state index in [0.29, 0.717) is 34.4 Å². The van der Waals surface area contributed by atoms with Gasteiger partial charge in [0.25, 0.3) is 0 Å². The third-order valence-electron chi connectivity index (χ3n) is 7.43. The first-order chi connectivity index (χ1) is 18.1. The van der Waals surface area contributed by atoms with Crippen molar-refractivity contribution < 1.29 is 32.3 Å². The van der Waals surface area contributed by atoms with Crippen molar-refractivity contribution in [2.24, 2.45) is 11.8 Å². The van der Waals surface area contributed by atoms with Crippen molar-refractivity contribution >= 4 is 17.0 Å². The maximum absolute atomic E-state index is 13.1. The van der Waals surface area contributed by atoms with Crippen LogP contribution in [0.25, 0.3) is 33.3 Å². The molecule has 10 heteroatoms. The predicted octanol–water partition coefficient (Wildman–Crippen LogP) is 6.98. The zero-order valence-corrected chi connectivity index (χ0v) is 20.9. The third kappa shape index (κ3) is 4.52. The van der Waals surface area contributed by atoms with Gasteiger partial charge in [-0.25, -0.2) is 9.78 Å². The molecule has 3 heterocycles. The molecule has 2 aliphatic rings. The Hall–Kier alpha value is -3.82. The van der Waals surface area contributed by atoms with E-state index in [1.807, 2.05) is 26.1 Å². The van der Waals surface area contributed by atoms with Gasteiger partial charge in [0.2, 0.25) is 0 Å². The van der Waals surface area contributed by atoms with Crippen LogP contribution in [-0.4, -0.2) is 38.6 Å². The summed E-state index contributed by atoms with van der Waals surface area (Å²) in [7, 11) is 0. The quantitative estimate of drug-likeness (QED) is 0.267. The highest BCUT2D eigenvalue weighted by Crippen LogP contribution is 2.54. The lowest BCUT2D eigenvalue weighted by atomic mass is 10.00. The van der Waals surface area contributed by atoms with Crippen LogP contribution in [-0.2, 0) is 0 Å². The maximum Gasteiger partial charge on any atom is 0.422 e. The van der Waals surface area contributed by atoms with Gasteiger partial charge in [-0.3, -0.25) is 0 Å². The van der Waals surface area contributed by atoms with E-state index in [2.05, 4.69) is 9.72 Å². The molecular weight excluding hydrogens is 499 g/mol.